The summed E-state index contributed by atoms with van der Waals surface area (Å²) in [5.74, 6) is 1.71. The molecule has 0 saturated heterocycles. The minimum Gasteiger partial charge on any atom is -0.493 e. The third-order valence-electron chi connectivity index (χ3n) is 3.32. The van der Waals surface area contributed by atoms with E-state index in [4.69, 9.17) is 18.9 Å². The van der Waals surface area contributed by atoms with Crippen LogP contribution in [0.1, 0.15) is 26.3 Å². The van der Waals surface area contributed by atoms with Crippen molar-refractivity contribution in [3.8, 4) is 23.0 Å². The van der Waals surface area contributed by atoms with Crippen LogP contribution in [0.2, 0.25) is 0 Å². The van der Waals surface area contributed by atoms with Crippen molar-refractivity contribution in [3.63, 3.8) is 0 Å². The first-order valence-electron chi connectivity index (χ1n) is 8.50. The quantitative estimate of drug-likeness (QED) is 0.396. The van der Waals surface area contributed by atoms with Gasteiger partial charge in [0, 0.05) is 6.08 Å². The van der Waals surface area contributed by atoms with Gasteiger partial charge in [-0.1, -0.05) is 18.2 Å². The molecule has 0 aliphatic heterocycles. The molecule has 0 spiro atoms. The standard InChI is InChI=1S/C21H24O5/c1-5-24-17-8-6-7-9-18(17)26-21(22)13-11-16-10-12-19(25-15(2)3)20(14-16)23-4/h6-15H,5H2,1-4H3/b13-11+. The topological polar surface area (TPSA) is 54.0 Å². The summed E-state index contributed by atoms with van der Waals surface area (Å²) in [4.78, 5) is 12.1. The molecule has 2 aromatic carbocycles. The Morgan fingerprint density at radius 3 is 2.42 bits per heavy atom. The van der Waals surface area contributed by atoms with Gasteiger partial charge in [-0.15, -0.1) is 0 Å². The number of carbonyl (C=O) groups excluding carboxylic acids is 1. The number of carbonyl (C=O) groups is 1. The summed E-state index contributed by atoms with van der Waals surface area (Å²) in [6.45, 7) is 6.26. The molecule has 2 rings (SSSR count). The Morgan fingerprint density at radius 2 is 1.77 bits per heavy atom. The van der Waals surface area contributed by atoms with Crippen molar-refractivity contribution in [2.24, 2.45) is 0 Å². The second-order valence-electron chi connectivity index (χ2n) is 5.71. The number of methoxy groups -OCH3 is 1. The highest BCUT2D eigenvalue weighted by Crippen LogP contribution is 2.30. The summed E-state index contributed by atoms with van der Waals surface area (Å²) in [7, 11) is 1.58. The van der Waals surface area contributed by atoms with Gasteiger partial charge in [-0.25, -0.2) is 4.79 Å². The van der Waals surface area contributed by atoms with Crippen molar-refractivity contribution in [1.29, 1.82) is 0 Å². The summed E-state index contributed by atoms with van der Waals surface area (Å²) in [5.41, 5.74) is 0.799. The van der Waals surface area contributed by atoms with Gasteiger partial charge in [0.15, 0.2) is 23.0 Å². The van der Waals surface area contributed by atoms with Crippen LogP contribution in [0, 0.1) is 0 Å². The molecule has 0 amide bonds. The van der Waals surface area contributed by atoms with Crippen molar-refractivity contribution < 1.29 is 23.7 Å². The molecule has 0 aliphatic carbocycles. The SMILES string of the molecule is CCOc1ccccc1OC(=O)/C=C/c1ccc(OC(C)C)c(OC)c1. The van der Waals surface area contributed by atoms with Crippen LogP contribution in [0.5, 0.6) is 23.0 Å². The lowest BCUT2D eigenvalue weighted by Crippen LogP contribution is -2.07. The maximum atomic E-state index is 12.1. The summed E-state index contributed by atoms with van der Waals surface area (Å²) in [6.07, 6.45) is 3.07. The number of rotatable bonds is 8. The highest BCUT2D eigenvalue weighted by molar-refractivity contribution is 5.89. The van der Waals surface area contributed by atoms with E-state index in [2.05, 4.69) is 0 Å². The van der Waals surface area contributed by atoms with Gasteiger partial charge in [0.2, 0.25) is 0 Å². The zero-order chi connectivity index (χ0) is 18.9. The molecule has 0 saturated carbocycles. The minimum atomic E-state index is -0.487. The molecule has 0 bridgehead atoms. The highest BCUT2D eigenvalue weighted by Gasteiger charge is 2.09. The van der Waals surface area contributed by atoms with Crippen LogP contribution in [-0.2, 0) is 4.79 Å². The minimum absolute atomic E-state index is 0.0469. The van der Waals surface area contributed by atoms with E-state index in [0.29, 0.717) is 29.6 Å². The first-order valence-corrected chi connectivity index (χ1v) is 8.50. The smallest absolute Gasteiger partial charge is 0.336 e. The van der Waals surface area contributed by atoms with Crippen LogP contribution < -0.4 is 18.9 Å². The van der Waals surface area contributed by atoms with E-state index < -0.39 is 5.97 Å². The van der Waals surface area contributed by atoms with Crippen molar-refractivity contribution >= 4 is 12.0 Å². The maximum Gasteiger partial charge on any atom is 0.336 e. The highest BCUT2D eigenvalue weighted by atomic mass is 16.6. The Hall–Kier alpha value is -2.95. The van der Waals surface area contributed by atoms with E-state index in [1.807, 2.05) is 39.0 Å². The largest absolute Gasteiger partial charge is 0.493 e. The molecular formula is C21H24O5. The predicted molar refractivity (Wildman–Crippen MR) is 101 cm³/mol. The third-order valence-corrected chi connectivity index (χ3v) is 3.32. The second-order valence-corrected chi connectivity index (χ2v) is 5.71. The lowest BCUT2D eigenvalue weighted by Gasteiger charge is -2.13. The van der Waals surface area contributed by atoms with Gasteiger partial charge in [0.1, 0.15) is 0 Å². The number of hydrogen-bond donors (Lipinski definition) is 0. The van der Waals surface area contributed by atoms with Crippen LogP contribution >= 0.6 is 0 Å². The van der Waals surface area contributed by atoms with E-state index in [0.717, 1.165) is 5.56 Å². The van der Waals surface area contributed by atoms with Gasteiger partial charge < -0.3 is 18.9 Å². The van der Waals surface area contributed by atoms with Crippen molar-refractivity contribution in [1.82, 2.24) is 0 Å². The molecule has 0 unspecified atom stereocenters. The van der Waals surface area contributed by atoms with Gasteiger partial charge in [-0.3, -0.25) is 0 Å². The van der Waals surface area contributed by atoms with E-state index in [9.17, 15) is 4.79 Å². The van der Waals surface area contributed by atoms with Crippen LogP contribution in [0.3, 0.4) is 0 Å². The van der Waals surface area contributed by atoms with Gasteiger partial charge in [-0.2, -0.15) is 0 Å². The average Bonchev–Trinajstić information content (AvgIpc) is 2.62. The molecule has 0 heterocycles. The summed E-state index contributed by atoms with van der Waals surface area (Å²) < 4.78 is 21.8. The van der Waals surface area contributed by atoms with Gasteiger partial charge in [0.05, 0.1) is 19.8 Å². The molecule has 0 aromatic heterocycles. The number of para-hydroxylation sites is 2. The summed E-state index contributed by atoms with van der Waals surface area (Å²) in [5, 5.41) is 0. The van der Waals surface area contributed by atoms with Crippen LogP contribution in [0.15, 0.2) is 48.5 Å². The molecule has 26 heavy (non-hydrogen) atoms. The zero-order valence-electron chi connectivity index (χ0n) is 15.5. The fourth-order valence-corrected chi connectivity index (χ4v) is 2.26. The average molecular weight is 356 g/mol. The van der Waals surface area contributed by atoms with Crippen molar-refractivity contribution in [3.05, 3.63) is 54.1 Å². The predicted octanol–water partition coefficient (Wildman–Crippen LogP) is 4.50. The second kappa shape index (κ2) is 9.51. The van der Waals surface area contributed by atoms with Gasteiger partial charge in [-0.05, 0) is 56.7 Å². The van der Waals surface area contributed by atoms with E-state index in [-0.39, 0.29) is 6.10 Å². The molecular weight excluding hydrogens is 332 g/mol. The molecule has 0 N–H and O–H groups in total. The van der Waals surface area contributed by atoms with Crippen LogP contribution in [0.4, 0.5) is 0 Å². The number of ether oxygens (including phenoxy) is 4. The molecule has 0 radical (unpaired) electrons. The van der Waals surface area contributed by atoms with Crippen molar-refractivity contribution in [2.75, 3.05) is 13.7 Å². The van der Waals surface area contributed by atoms with E-state index in [1.54, 1.807) is 37.5 Å². The van der Waals surface area contributed by atoms with E-state index >= 15 is 0 Å². The maximum absolute atomic E-state index is 12.1. The van der Waals surface area contributed by atoms with Gasteiger partial charge in [0.25, 0.3) is 0 Å². The molecule has 2 aromatic rings. The fourth-order valence-electron chi connectivity index (χ4n) is 2.26. The molecule has 138 valence electrons. The van der Waals surface area contributed by atoms with Gasteiger partial charge >= 0.3 is 5.97 Å². The molecule has 0 aliphatic rings. The Labute approximate surface area is 154 Å². The Morgan fingerprint density at radius 1 is 1.04 bits per heavy atom. The molecule has 5 nitrogen and oxygen atoms in total. The normalized spacial score (nSPS) is 10.8. The summed E-state index contributed by atoms with van der Waals surface area (Å²) in [6, 6.07) is 12.5. The third kappa shape index (κ3) is 5.55. The number of benzene rings is 2. The fraction of sp³-hybridized carbons (Fsp3) is 0.286. The van der Waals surface area contributed by atoms with Crippen LogP contribution in [-0.4, -0.2) is 25.8 Å². The zero-order valence-corrected chi connectivity index (χ0v) is 15.5. The first kappa shape index (κ1) is 19.4. The lowest BCUT2D eigenvalue weighted by molar-refractivity contribution is -0.129. The lowest BCUT2D eigenvalue weighted by atomic mass is 10.2. The number of hydrogen-bond acceptors (Lipinski definition) is 5. The Bertz CT molecular complexity index is 765. The number of esters is 1. The molecule has 0 fully saturated rings. The molecule has 5 heteroatoms. The Kier molecular flexibility index (Phi) is 7.09. The van der Waals surface area contributed by atoms with Crippen LogP contribution in [0.25, 0.3) is 6.08 Å². The monoisotopic (exact) mass is 356 g/mol. The van der Waals surface area contributed by atoms with Crippen molar-refractivity contribution in [2.45, 2.75) is 26.9 Å². The van der Waals surface area contributed by atoms with E-state index in [1.165, 1.54) is 6.08 Å². The Balaban J connectivity index is 2.08. The summed E-state index contributed by atoms with van der Waals surface area (Å²) >= 11 is 0. The first-order chi connectivity index (χ1) is 12.5. The molecule has 0 atom stereocenters.